The maximum absolute atomic E-state index is 5.46. The second kappa shape index (κ2) is 1.39. The van der Waals surface area contributed by atoms with Gasteiger partial charge in [0.2, 0.25) is 0 Å². The molecule has 6 heavy (non-hydrogen) atoms. The zero-order valence-electron chi connectivity index (χ0n) is 3.19. The predicted octanol–water partition coefficient (Wildman–Crippen LogP) is 2.06. The molecule has 32 valence electrons. The summed E-state index contributed by atoms with van der Waals surface area (Å²) in [7, 11) is 0. The summed E-state index contributed by atoms with van der Waals surface area (Å²) in [5, 5.41) is 0.815. The Kier molecular flexibility index (Phi) is 0.887. The van der Waals surface area contributed by atoms with Crippen LogP contribution in [0.1, 0.15) is 0 Å². The lowest BCUT2D eigenvalue weighted by Gasteiger charge is -1.76. The Morgan fingerprint density at radius 3 is 2.67 bits per heavy atom. The van der Waals surface area contributed by atoms with Crippen molar-refractivity contribution in [3.8, 4) is 0 Å². The summed E-state index contributed by atoms with van der Waals surface area (Å²) in [6, 6.07) is 7.51. The van der Waals surface area contributed by atoms with Crippen LogP contribution in [-0.4, -0.2) is 0 Å². The highest BCUT2D eigenvalue weighted by atomic mass is 35.5. The standard InChI is InChI=1S/C5H4Cl/c6-5-3-1-2-4-5/h1-4H/q-1. The highest BCUT2D eigenvalue weighted by molar-refractivity contribution is 6.30. The molecule has 0 aliphatic heterocycles. The van der Waals surface area contributed by atoms with E-state index < -0.39 is 0 Å². The summed E-state index contributed by atoms with van der Waals surface area (Å²) in [4.78, 5) is 0. The van der Waals surface area contributed by atoms with Gasteiger partial charge in [-0.15, -0.1) is 5.02 Å². The Hall–Kier alpha value is -0.360. The van der Waals surface area contributed by atoms with Gasteiger partial charge in [-0.25, -0.2) is 0 Å². The molecular weight excluding hydrogens is 95.5 g/mol. The van der Waals surface area contributed by atoms with E-state index in [0.29, 0.717) is 0 Å². The van der Waals surface area contributed by atoms with Crippen molar-refractivity contribution in [2.24, 2.45) is 0 Å². The van der Waals surface area contributed by atoms with Gasteiger partial charge in [0.25, 0.3) is 0 Å². The van der Waals surface area contributed by atoms with Crippen molar-refractivity contribution in [2.75, 3.05) is 0 Å². The molecular formula is C5H4Cl-. The van der Waals surface area contributed by atoms with Crippen molar-refractivity contribution in [3.63, 3.8) is 0 Å². The monoisotopic (exact) mass is 99.0 g/mol. The van der Waals surface area contributed by atoms with Gasteiger partial charge < -0.3 is 0 Å². The first-order valence-electron chi connectivity index (χ1n) is 1.77. The van der Waals surface area contributed by atoms with E-state index in [1.54, 1.807) is 0 Å². The van der Waals surface area contributed by atoms with Crippen molar-refractivity contribution in [3.05, 3.63) is 29.3 Å². The minimum Gasteiger partial charge on any atom is -0.196 e. The molecule has 0 N–H and O–H groups in total. The molecule has 0 aromatic heterocycles. The molecule has 1 aromatic carbocycles. The van der Waals surface area contributed by atoms with Crippen LogP contribution in [0, 0.1) is 0 Å². The Morgan fingerprint density at radius 1 is 1.67 bits per heavy atom. The Labute approximate surface area is 41.7 Å². The normalized spacial score (nSPS) is 8.83. The van der Waals surface area contributed by atoms with Crippen LogP contribution in [0.4, 0.5) is 0 Å². The quantitative estimate of drug-likeness (QED) is 0.437. The van der Waals surface area contributed by atoms with Crippen LogP contribution in [0.2, 0.25) is 5.02 Å². The van der Waals surface area contributed by atoms with Gasteiger partial charge in [0.15, 0.2) is 0 Å². The van der Waals surface area contributed by atoms with Crippen LogP contribution in [0.3, 0.4) is 0 Å². The van der Waals surface area contributed by atoms with Gasteiger partial charge in [0.1, 0.15) is 0 Å². The van der Waals surface area contributed by atoms with Gasteiger partial charge in [-0.1, -0.05) is 0 Å². The summed E-state index contributed by atoms with van der Waals surface area (Å²) in [6.45, 7) is 0. The first-order chi connectivity index (χ1) is 2.89. The first-order valence-corrected chi connectivity index (χ1v) is 2.14. The van der Waals surface area contributed by atoms with Crippen molar-refractivity contribution >= 4 is 11.6 Å². The topological polar surface area (TPSA) is 0 Å². The van der Waals surface area contributed by atoms with E-state index in [9.17, 15) is 0 Å². The SMILES string of the molecule is Clc1cc[cH-]c1. The molecule has 1 aromatic rings. The lowest BCUT2D eigenvalue weighted by atomic mass is 10.7. The molecule has 0 nitrogen and oxygen atoms in total. The molecule has 1 rings (SSSR count). The second-order valence-corrected chi connectivity index (χ2v) is 1.54. The molecule has 0 fully saturated rings. The first kappa shape index (κ1) is 3.82. The smallest absolute Gasteiger partial charge is 0.113 e. The summed E-state index contributed by atoms with van der Waals surface area (Å²) < 4.78 is 0. The maximum atomic E-state index is 5.46. The fourth-order valence-electron chi connectivity index (χ4n) is 0.351. The van der Waals surface area contributed by atoms with Crippen LogP contribution < -0.4 is 0 Å². The van der Waals surface area contributed by atoms with Crippen LogP contribution in [-0.2, 0) is 0 Å². The molecule has 1 heteroatoms. The number of hydrogen-bond donors (Lipinski definition) is 0. The molecule has 0 saturated heterocycles. The average molecular weight is 99.5 g/mol. The summed E-state index contributed by atoms with van der Waals surface area (Å²) in [5.41, 5.74) is 0. The summed E-state index contributed by atoms with van der Waals surface area (Å²) >= 11 is 5.46. The number of halogens is 1. The van der Waals surface area contributed by atoms with E-state index in [0.717, 1.165) is 5.02 Å². The summed E-state index contributed by atoms with van der Waals surface area (Å²) in [5.74, 6) is 0. The molecule has 0 aliphatic carbocycles. The second-order valence-electron chi connectivity index (χ2n) is 1.10. The molecule has 0 spiro atoms. The van der Waals surface area contributed by atoms with Crippen LogP contribution in [0.15, 0.2) is 24.3 Å². The molecule has 0 bridgehead atoms. The predicted molar refractivity (Wildman–Crippen MR) is 27.0 cm³/mol. The molecule has 0 atom stereocenters. The van der Waals surface area contributed by atoms with Gasteiger partial charge >= 0.3 is 0 Å². The maximum Gasteiger partial charge on any atom is -0.113 e. The molecule has 0 amide bonds. The lowest BCUT2D eigenvalue weighted by molar-refractivity contribution is 2.01. The Balaban J connectivity index is 3.05. The minimum absolute atomic E-state index is 0.815. The molecule has 0 saturated carbocycles. The fourth-order valence-corrected chi connectivity index (χ4v) is 0.496. The molecule has 0 unspecified atom stereocenters. The zero-order chi connectivity index (χ0) is 4.41. The Bertz CT molecular complexity index is 107. The largest absolute Gasteiger partial charge is 0.196 e. The van der Waals surface area contributed by atoms with Gasteiger partial charge in [-0.2, -0.15) is 35.9 Å². The number of hydrogen-bond acceptors (Lipinski definition) is 0. The highest BCUT2D eigenvalue weighted by Crippen LogP contribution is 2.04. The molecule has 0 aliphatic rings. The molecule has 0 heterocycles. The van der Waals surface area contributed by atoms with Gasteiger partial charge in [-0.3, -0.25) is 0 Å². The van der Waals surface area contributed by atoms with Crippen molar-refractivity contribution in [1.29, 1.82) is 0 Å². The number of rotatable bonds is 0. The third-order valence-corrected chi connectivity index (χ3v) is 0.874. The van der Waals surface area contributed by atoms with Gasteiger partial charge in [-0.05, 0) is 0 Å². The third-order valence-electron chi connectivity index (χ3n) is 0.622. The highest BCUT2D eigenvalue weighted by Gasteiger charge is 1.63. The van der Waals surface area contributed by atoms with Crippen LogP contribution in [0.25, 0.3) is 0 Å². The van der Waals surface area contributed by atoms with E-state index in [1.165, 1.54) is 0 Å². The van der Waals surface area contributed by atoms with Crippen molar-refractivity contribution in [2.45, 2.75) is 0 Å². The lowest BCUT2D eigenvalue weighted by Crippen LogP contribution is -1.34. The zero-order valence-corrected chi connectivity index (χ0v) is 3.94. The van der Waals surface area contributed by atoms with E-state index in [1.807, 2.05) is 24.3 Å². The van der Waals surface area contributed by atoms with E-state index >= 15 is 0 Å². The minimum atomic E-state index is 0.815. The van der Waals surface area contributed by atoms with Crippen LogP contribution in [0.5, 0.6) is 0 Å². The van der Waals surface area contributed by atoms with Gasteiger partial charge in [0, 0.05) is 0 Å². The van der Waals surface area contributed by atoms with E-state index in [4.69, 9.17) is 11.6 Å². The van der Waals surface area contributed by atoms with Crippen LogP contribution >= 0.6 is 11.6 Å². The Morgan fingerprint density at radius 2 is 2.50 bits per heavy atom. The average Bonchev–Trinajstić information content (AvgIpc) is 1.86. The molecule has 0 radical (unpaired) electrons. The van der Waals surface area contributed by atoms with E-state index in [-0.39, 0.29) is 0 Å². The third kappa shape index (κ3) is 0.575. The van der Waals surface area contributed by atoms with Crippen molar-refractivity contribution < 1.29 is 0 Å². The van der Waals surface area contributed by atoms with Crippen molar-refractivity contribution in [1.82, 2.24) is 0 Å². The fraction of sp³-hybridized carbons (Fsp3) is 0. The van der Waals surface area contributed by atoms with Gasteiger partial charge in [0.05, 0.1) is 0 Å². The summed E-state index contributed by atoms with van der Waals surface area (Å²) in [6.07, 6.45) is 0. The van der Waals surface area contributed by atoms with E-state index in [2.05, 4.69) is 0 Å².